The average Bonchev–Trinajstić information content (AvgIpc) is 2.64. The Kier molecular flexibility index (Phi) is 8.81. The van der Waals surface area contributed by atoms with Crippen molar-refractivity contribution in [2.45, 2.75) is 110 Å². The predicted octanol–water partition coefficient (Wildman–Crippen LogP) is 5.70. The third-order valence-corrected chi connectivity index (χ3v) is 9.21. The van der Waals surface area contributed by atoms with Gasteiger partial charge in [-0.2, -0.15) is 0 Å². The number of benzene rings is 1. The highest BCUT2D eigenvalue weighted by Crippen LogP contribution is 2.27. The molecule has 1 unspecified atom stereocenters. The highest BCUT2D eigenvalue weighted by atomic mass is 32.2. The SMILES string of the molecule is Cc1cc(N2C[C@H](C)O[C@H](C)C2C)ccc1CCCCCCCS(=O)(=O)C(C)(C)C. The lowest BCUT2D eigenvalue weighted by Gasteiger charge is -2.42. The van der Waals surface area contributed by atoms with E-state index in [9.17, 15) is 8.42 Å². The van der Waals surface area contributed by atoms with Crippen LogP contribution in [0.2, 0.25) is 0 Å². The zero-order valence-electron chi connectivity index (χ0n) is 20.2. The molecule has 0 aliphatic carbocycles. The second kappa shape index (κ2) is 10.5. The predicted molar refractivity (Wildman–Crippen MR) is 128 cm³/mol. The zero-order valence-corrected chi connectivity index (χ0v) is 21.0. The van der Waals surface area contributed by atoms with Crippen molar-refractivity contribution in [3.05, 3.63) is 29.3 Å². The van der Waals surface area contributed by atoms with E-state index < -0.39 is 14.6 Å². The summed E-state index contributed by atoms with van der Waals surface area (Å²) in [6.07, 6.45) is 6.80. The van der Waals surface area contributed by atoms with Crippen molar-refractivity contribution in [1.82, 2.24) is 0 Å². The summed E-state index contributed by atoms with van der Waals surface area (Å²) in [5.41, 5.74) is 4.09. The molecule has 0 radical (unpaired) electrons. The first-order valence-electron chi connectivity index (χ1n) is 11.7. The minimum absolute atomic E-state index is 0.243. The van der Waals surface area contributed by atoms with Gasteiger partial charge in [0.1, 0.15) is 0 Å². The molecule has 0 saturated carbocycles. The minimum Gasteiger partial charge on any atom is -0.372 e. The van der Waals surface area contributed by atoms with Crippen LogP contribution in [0.1, 0.15) is 84.8 Å². The Bertz CT molecular complexity index is 782. The Morgan fingerprint density at radius 1 is 1.03 bits per heavy atom. The average molecular weight is 438 g/mol. The number of sulfone groups is 1. The molecule has 1 saturated heterocycles. The van der Waals surface area contributed by atoms with Crippen LogP contribution in [-0.2, 0) is 21.0 Å². The molecular formula is C25H43NO3S. The molecule has 3 atom stereocenters. The molecule has 0 aromatic heterocycles. The van der Waals surface area contributed by atoms with Gasteiger partial charge in [0, 0.05) is 12.2 Å². The lowest BCUT2D eigenvalue weighted by atomic mass is 9.99. The summed E-state index contributed by atoms with van der Waals surface area (Å²) in [6, 6.07) is 7.26. The highest BCUT2D eigenvalue weighted by molar-refractivity contribution is 7.92. The Balaban J connectivity index is 1.77. The molecular weight excluding hydrogens is 394 g/mol. The maximum atomic E-state index is 12.2. The van der Waals surface area contributed by atoms with Crippen LogP contribution in [0.15, 0.2) is 18.2 Å². The fourth-order valence-corrected chi connectivity index (χ4v) is 5.34. The normalized spacial score (nSPS) is 23.0. The summed E-state index contributed by atoms with van der Waals surface area (Å²) >= 11 is 0. The van der Waals surface area contributed by atoms with Crippen molar-refractivity contribution in [2.24, 2.45) is 0 Å². The molecule has 1 aromatic carbocycles. The molecule has 1 aliphatic heterocycles. The second-order valence-corrected chi connectivity index (χ2v) is 13.0. The van der Waals surface area contributed by atoms with E-state index in [0.29, 0.717) is 11.8 Å². The second-order valence-electron chi connectivity index (χ2n) is 10.1. The summed E-state index contributed by atoms with van der Waals surface area (Å²) in [5.74, 6) is 0.314. The zero-order chi connectivity index (χ0) is 22.5. The summed E-state index contributed by atoms with van der Waals surface area (Å²) < 4.78 is 29.6. The van der Waals surface area contributed by atoms with Crippen molar-refractivity contribution < 1.29 is 13.2 Å². The number of aryl methyl sites for hydroxylation is 2. The highest BCUT2D eigenvalue weighted by Gasteiger charge is 2.30. The van der Waals surface area contributed by atoms with E-state index in [4.69, 9.17) is 4.74 Å². The van der Waals surface area contributed by atoms with Gasteiger partial charge in [0.25, 0.3) is 0 Å². The summed E-state index contributed by atoms with van der Waals surface area (Å²) in [5, 5.41) is 0. The molecule has 0 spiro atoms. The third-order valence-electron chi connectivity index (χ3n) is 6.52. The fraction of sp³-hybridized carbons (Fsp3) is 0.760. The van der Waals surface area contributed by atoms with E-state index in [1.807, 2.05) is 0 Å². The summed E-state index contributed by atoms with van der Waals surface area (Å²) in [4.78, 5) is 2.47. The van der Waals surface area contributed by atoms with Crippen molar-refractivity contribution in [1.29, 1.82) is 0 Å². The van der Waals surface area contributed by atoms with Crippen molar-refractivity contribution in [3.8, 4) is 0 Å². The van der Waals surface area contributed by atoms with Gasteiger partial charge in [-0.15, -0.1) is 0 Å². The van der Waals surface area contributed by atoms with Crippen LogP contribution < -0.4 is 4.90 Å². The quantitative estimate of drug-likeness (QED) is 0.465. The molecule has 1 fully saturated rings. The Hall–Kier alpha value is -1.07. The van der Waals surface area contributed by atoms with Crippen LogP contribution in [0, 0.1) is 6.92 Å². The summed E-state index contributed by atoms with van der Waals surface area (Å²) in [7, 11) is -2.98. The van der Waals surface area contributed by atoms with Gasteiger partial charge < -0.3 is 9.64 Å². The Labute approximate surface area is 185 Å². The lowest BCUT2D eigenvalue weighted by Crippen LogP contribution is -2.52. The van der Waals surface area contributed by atoms with Gasteiger partial charge in [-0.25, -0.2) is 8.42 Å². The van der Waals surface area contributed by atoms with Gasteiger partial charge in [-0.1, -0.05) is 25.3 Å². The molecule has 0 bridgehead atoms. The first kappa shape index (κ1) is 25.2. The van der Waals surface area contributed by atoms with E-state index in [-0.39, 0.29) is 12.2 Å². The topological polar surface area (TPSA) is 46.6 Å². The summed E-state index contributed by atoms with van der Waals surface area (Å²) in [6.45, 7) is 15.1. The number of hydrogen-bond acceptors (Lipinski definition) is 4. The van der Waals surface area contributed by atoms with Crippen LogP contribution in [0.4, 0.5) is 5.69 Å². The monoisotopic (exact) mass is 437 g/mol. The number of unbranched alkanes of at least 4 members (excludes halogenated alkanes) is 4. The smallest absolute Gasteiger partial charge is 0.155 e. The number of morpholine rings is 1. The van der Waals surface area contributed by atoms with Crippen molar-refractivity contribution in [3.63, 3.8) is 0 Å². The van der Waals surface area contributed by atoms with Gasteiger partial charge in [0.05, 0.1) is 28.7 Å². The minimum atomic E-state index is -2.98. The van der Waals surface area contributed by atoms with E-state index in [1.54, 1.807) is 20.8 Å². The molecule has 0 N–H and O–H groups in total. The van der Waals surface area contributed by atoms with Crippen LogP contribution in [0.3, 0.4) is 0 Å². The number of rotatable bonds is 9. The number of ether oxygens (including phenoxy) is 1. The van der Waals surface area contributed by atoms with E-state index in [0.717, 1.165) is 45.1 Å². The van der Waals surface area contributed by atoms with E-state index in [2.05, 4.69) is 50.8 Å². The largest absolute Gasteiger partial charge is 0.372 e. The molecule has 172 valence electrons. The molecule has 1 aromatic rings. The van der Waals surface area contributed by atoms with Gasteiger partial charge in [0.2, 0.25) is 0 Å². The van der Waals surface area contributed by atoms with Gasteiger partial charge in [-0.05, 0) is 91.0 Å². The molecule has 0 amide bonds. The Morgan fingerprint density at radius 2 is 1.67 bits per heavy atom. The first-order chi connectivity index (χ1) is 13.9. The van der Waals surface area contributed by atoms with E-state index >= 15 is 0 Å². The first-order valence-corrected chi connectivity index (χ1v) is 13.3. The molecule has 2 rings (SSSR count). The third kappa shape index (κ3) is 6.71. The molecule has 30 heavy (non-hydrogen) atoms. The van der Waals surface area contributed by atoms with Crippen LogP contribution in [0.5, 0.6) is 0 Å². The van der Waals surface area contributed by atoms with Crippen LogP contribution in [-0.4, -0.2) is 43.7 Å². The standard InChI is InChI=1S/C25H43NO3S/c1-19-17-24(26-18-20(2)29-22(4)21(26)3)15-14-23(19)13-11-9-8-10-12-16-30(27,28)25(5,6)7/h14-15,17,20-22H,8-13,16,18H2,1-7H3/t20-,21?,22+/m0/s1. The maximum absolute atomic E-state index is 12.2. The van der Waals surface area contributed by atoms with E-state index in [1.165, 1.54) is 16.8 Å². The van der Waals surface area contributed by atoms with Gasteiger partial charge in [0.15, 0.2) is 9.84 Å². The number of nitrogens with zero attached hydrogens (tertiary/aromatic N) is 1. The van der Waals surface area contributed by atoms with Crippen LogP contribution in [0.25, 0.3) is 0 Å². The van der Waals surface area contributed by atoms with Crippen LogP contribution >= 0.6 is 0 Å². The Morgan fingerprint density at radius 3 is 2.30 bits per heavy atom. The fourth-order valence-electron chi connectivity index (χ4n) is 4.14. The van der Waals surface area contributed by atoms with Gasteiger partial charge in [-0.3, -0.25) is 0 Å². The lowest BCUT2D eigenvalue weighted by molar-refractivity contribution is -0.0257. The molecule has 1 aliphatic rings. The molecule has 4 nitrogen and oxygen atoms in total. The van der Waals surface area contributed by atoms with Crippen molar-refractivity contribution in [2.75, 3.05) is 17.2 Å². The number of anilines is 1. The maximum Gasteiger partial charge on any atom is 0.155 e. The van der Waals surface area contributed by atoms with Crippen molar-refractivity contribution >= 4 is 15.5 Å². The number of hydrogen-bond donors (Lipinski definition) is 0. The van der Waals surface area contributed by atoms with Gasteiger partial charge >= 0.3 is 0 Å². The molecule has 5 heteroatoms. The molecule has 1 heterocycles.